The summed E-state index contributed by atoms with van der Waals surface area (Å²) < 4.78 is 10.3. The highest BCUT2D eigenvalue weighted by Gasteiger charge is 2.37. The van der Waals surface area contributed by atoms with Gasteiger partial charge in [0.2, 0.25) is 0 Å². The highest BCUT2D eigenvalue weighted by atomic mass is 16.5. The van der Waals surface area contributed by atoms with E-state index >= 15 is 0 Å². The molecule has 3 rings (SSSR count). The molecule has 0 saturated heterocycles. The van der Waals surface area contributed by atoms with Crippen molar-refractivity contribution in [3.8, 4) is 0 Å². The summed E-state index contributed by atoms with van der Waals surface area (Å²) in [6.45, 7) is 4.44. The van der Waals surface area contributed by atoms with Gasteiger partial charge in [-0.1, -0.05) is 38.1 Å². The average Bonchev–Trinajstić information content (AvgIpc) is 2.81. The van der Waals surface area contributed by atoms with Gasteiger partial charge in [0.05, 0.1) is 14.2 Å². The van der Waals surface area contributed by atoms with Crippen LogP contribution in [0.5, 0.6) is 0 Å². The predicted octanol–water partition coefficient (Wildman–Crippen LogP) is 3.87. The number of rotatable bonds is 3. The number of hydrogen-bond donors (Lipinski definition) is 0. The van der Waals surface area contributed by atoms with Crippen LogP contribution < -0.4 is 4.90 Å². The number of anilines is 1. The Balaban J connectivity index is 2.02. The SMILES string of the molecule is COC1=CC(=CC=C2N(C)c3ccccc3C2(C)C)C=C(OC)C1=O. The van der Waals surface area contributed by atoms with Crippen LogP contribution in [0.1, 0.15) is 19.4 Å². The Morgan fingerprint density at radius 3 is 2.16 bits per heavy atom. The fourth-order valence-electron chi connectivity index (χ4n) is 3.47. The summed E-state index contributed by atoms with van der Waals surface area (Å²) in [5.41, 5.74) is 4.49. The molecule has 1 heterocycles. The maximum Gasteiger partial charge on any atom is 0.261 e. The summed E-state index contributed by atoms with van der Waals surface area (Å²) >= 11 is 0. The second-order valence-electron chi connectivity index (χ2n) is 6.67. The molecule has 1 aliphatic carbocycles. The van der Waals surface area contributed by atoms with Gasteiger partial charge < -0.3 is 14.4 Å². The number of carbonyl (C=O) groups excluding carboxylic acids is 1. The zero-order valence-corrected chi connectivity index (χ0v) is 15.3. The minimum absolute atomic E-state index is 0.0888. The Kier molecular flexibility index (Phi) is 4.29. The van der Waals surface area contributed by atoms with E-state index in [1.54, 1.807) is 12.2 Å². The lowest BCUT2D eigenvalue weighted by molar-refractivity contribution is -0.117. The van der Waals surface area contributed by atoms with Crippen molar-refractivity contribution in [3.63, 3.8) is 0 Å². The molecule has 0 bridgehead atoms. The molecule has 1 aromatic carbocycles. The molecule has 0 N–H and O–H groups in total. The Morgan fingerprint density at radius 1 is 1.00 bits per heavy atom. The lowest BCUT2D eigenvalue weighted by Crippen LogP contribution is -2.22. The van der Waals surface area contributed by atoms with E-state index in [4.69, 9.17) is 9.47 Å². The van der Waals surface area contributed by atoms with Crippen LogP contribution in [0, 0.1) is 0 Å². The molecular weight excluding hydrogens is 314 g/mol. The normalized spacial score (nSPS) is 20.2. The quantitative estimate of drug-likeness (QED) is 0.839. The molecule has 1 aliphatic heterocycles. The lowest BCUT2D eigenvalue weighted by Gasteiger charge is -2.24. The number of methoxy groups -OCH3 is 2. The molecule has 0 spiro atoms. The Bertz CT molecular complexity index is 814. The van der Waals surface area contributed by atoms with Gasteiger partial charge >= 0.3 is 0 Å². The first-order valence-corrected chi connectivity index (χ1v) is 8.22. The number of likely N-dealkylation sites (N-methyl/N-ethyl adjacent to an activating group) is 1. The minimum atomic E-state index is -0.236. The molecule has 25 heavy (non-hydrogen) atoms. The standard InChI is InChI=1S/C21H23NO3/c1-21(2)15-8-6-7-9-16(15)22(3)19(21)11-10-14-12-17(24-4)20(23)18(13-14)25-5/h6-13H,1-5H3. The summed E-state index contributed by atoms with van der Waals surface area (Å²) in [5.74, 6) is 0.332. The predicted molar refractivity (Wildman–Crippen MR) is 99.2 cm³/mol. The fraction of sp³-hybridized carbons (Fsp3) is 0.286. The lowest BCUT2D eigenvalue weighted by atomic mass is 9.83. The molecule has 2 aliphatic rings. The number of ketones is 1. The third kappa shape index (κ3) is 2.78. The first-order valence-electron chi connectivity index (χ1n) is 8.22. The highest BCUT2D eigenvalue weighted by Crippen LogP contribution is 2.46. The van der Waals surface area contributed by atoms with E-state index in [-0.39, 0.29) is 22.7 Å². The van der Waals surface area contributed by atoms with Crippen LogP contribution in [-0.2, 0) is 19.7 Å². The molecule has 0 amide bonds. The molecular formula is C21H23NO3. The van der Waals surface area contributed by atoms with Crippen LogP contribution in [0.25, 0.3) is 0 Å². The van der Waals surface area contributed by atoms with Crippen molar-refractivity contribution in [2.75, 3.05) is 26.2 Å². The third-order valence-electron chi connectivity index (χ3n) is 4.86. The smallest absolute Gasteiger partial charge is 0.261 e. The molecule has 4 heteroatoms. The molecule has 0 saturated carbocycles. The van der Waals surface area contributed by atoms with E-state index < -0.39 is 0 Å². The summed E-state index contributed by atoms with van der Waals surface area (Å²) in [7, 11) is 5.06. The maximum absolute atomic E-state index is 12.1. The first-order chi connectivity index (χ1) is 11.9. The van der Waals surface area contributed by atoms with Crippen molar-refractivity contribution in [2.24, 2.45) is 0 Å². The van der Waals surface area contributed by atoms with Crippen molar-refractivity contribution in [1.29, 1.82) is 0 Å². The van der Waals surface area contributed by atoms with Gasteiger partial charge in [0, 0.05) is 23.8 Å². The van der Waals surface area contributed by atoms with Crippen LogP contribution in [0.15, 0.2) is 71.4 Å². The number of carbonyl (C=O) groups is 1. The van der Waals surface area contributed by atoms with Crippen molar-refractivity contribution >= 4 is 11.5 Å². The van der Waals surface area contributed by atoms with Crippen LogP contribution in [0.2, 0.25) is 0 Å². The monoisotopic (exact) mass is 337 g/mol. The van der Waals surface area contributed by atoms with Crippen molar-refractivity contribution in [3.05, 3.63) is 76.9 Å². The second-order valence-corrected chi connectivity index (χ2v) is 6.67. The minimum Gasteiger partial charge on any atom is -0.492 e. The number of ether oxygens (including phenoxy) is 2. The van der Waals surface area contributed by atoms with Gasteiger partial charge in [0.15, 0.2) is 11.5 Å². The van der Waals surface area contributed by atoms with E-state index in [1.807, 2.05) is 6.08 Å². The van der Waals surface area contributed by atoms with Crippen LogP contribution in [0.3, 0.4) is 0 Å². The Hall–Kier alpha value is -2.75. The largest absolute Gasteiger partial charge is 0.492 e. The second kappa shape index (κ2) is 6.28. The highest BCUT2D eigenvalue weighted by molar-refractivity contribution is 6.07. The van der Waals surface area contributed by atoms with Crippen LogP contribution >= 0.6 is 0 Å². The summed E-state index contributed by atoms with van der Waals surface area (Å²) in [6.07, 6.45) is 7.55. The molecule has 0 fully saturated rings. The summed E-state index contributed by atoms with van der Waals surface area (Å²) in [6, 6.07) is 8.44. The molecule has 0 unspecified atom stereocenters. The van der Waals surface area contributed by atoms with Gasteiger partial charge in [0.25, 0.3) is 5.78 Å². The summed E-state index contributed by atoms with van der Waals surface area (Å²) in [5, 5.41) is 0. The zero-order chi connectivity index (χ0) is 18.2. The molecule has 130 valence electrons. The molecule has 1 aromatic rings. The number of nitrogens with zero attached hydrogens (tertiary/aromatic N) is 1. The summed E-state index contributed by atoms with van der Waals surface area (Å²) in [4.78, 5) is 14.3. The number of hydrogen-bond acceptors (Lipinski definition) is 4. The van der Waals surface area contributed by atoms with E-state index in [1.165, 1.54) is 31.2 Å². The zero-order valence-electron chi connectivity index (χ0n) is 15.3. The number of allylic oxidation sites excluding steroid dienone is 6. The van der Waals surface area contributed by atoms with Gasteiger partial charge in [-0.3, -0.25) is 4.79 Å². The number of para-hydroxylation sites is 1. The topological polar surface area (TPSA) is 38.8 Å². The van der Waals surface area contributed by atoms with Crippen molar-refractivity contribution in [1.82, 2.24) is 0 Å². The van der Waals surface area contributed by atoms with Crippen LogP contribution in [0.4, 0.5) is 5.69 Å². The van der Waals surface area contributed by atoms with E-state index in [0.29, 0.717) is 0 Å². The molecule has 0 radical (unpaired) electrons. The van der Waals surface area contributed by atoms with Crippen LogP contribution in [-0.4, -0.2) is 27.1 Å². The van der Waals surface area contributed by atoms with Gasteiger partial charge in [-0.15, -0.1) is 0 Å². The first kappa shape index (κ1) is 17.1. The number of Topliss-reactive ketones (excluding diaryl/α,β-unsaturated/α-hetero) is 1. The van der Waals surface area contributed by atoms with Gasteiger partial charge in [-0.25, -0.2) is 0 Å². The third-order valence-corrected chi connectivity index (χ3v) is 4.86. The van der Waals surface area contributed by atoms with Gasteiger partial charge in [-0.2, -0.15) is 0 Å². The molecule has 0 aromatic heterocycles. The van der Waals surface area contributed by atoms with E-state index in [9.17, 15) is 4.79 Å². The maximum atomic E-state index is 12.1. The average molecular weight is 337 g/mol. The molecule has 0 atom stereocenters. The van der Waals surface area contributed by atoms with Crippen molar-refractivity contribution < 1.29 is 14.3 Å². The fourth-order valence-corrected chi connectivity index (χ4v) is 3.47. The number of benzene rings is 1. The van der Waals surface area contributed by atoms with E-state index in [2.05, 4.69) is 56.1 Å². The van der Waals surface area contributed by atoms with Crippen molar-refractivity contribution in [2.45, 2.75) is 19.3 Å². The molecule has 4 nitrogen and oxygen atoms in total. The Morgan fingerprint density at radius 2 is 1.60 bits per heavy atom. The number of fused-ring (bicyclic) bond motifs is 1. The Labute approximate surface area is 148 Å². The van der Waals surface area contributed by atoms with Gasteiger partial charge in [-0.05, 0) is 35.4 Å². The van der Waals surface area contributed by atoms with Gasteiger partial charge in [0.1, 0.15) is 0 Å². The van der Waals surface area contributed by atoms with E-state index in [0.717, 1.165) is 5.57 Å².